The van der Waals surface area contributed by atoms with Gasteiger partial charge in [0.25, 0.3) is 10.1 Å². The van der Waals surface area contributed by atoms with Crippen LogP contribution in [0.4, 0.5) is 4.79 Å². The second kappa shape index (κ2) is 14.9. The first-order valence-electron chi connectivity index (χ1n) is 8.97. The van der Waals surface area contributed by atoms with Gasteiger partial charge >= 0.3 is 5.30 Å². The lowest BCUT2D eigenvalue weighted by Crippen LogP contribution is -2.26. The van der Waals surface area contributed by atoms with Crippen LogP contribution in [0.2, 0.25) is 0 Å². The van der Waals surface area contributed by atoms with Crippen LogP contribution in [-0.2, 0) is 14.9 Å². The highest BCUT2D eigenvalue weighted by atomic mass is 32.2. The van der Waals surface area contributed by atoms with E-state index in [9.17, 15) is 13.2 Å². The Kier molecular flexibility index (Phi) is 16.0. The summed E-state index contributed by atoms with van der Waals surface area (Å²) in [4.78, 5) is 11.7. The van der Waals surface area contributed by atoms with Crippen molar-refractivity contribution in [3.63, 3.8) is 0 Å². The van der Waals surface area contributed by atoms with Gasteiger partial charge in [-0.15, -0.1) is 0 Å². The minimum Gasteiger partial charge on any atom is -0.452 e. The van der Waals surface area contributed by atoms with E-state index in [1.54, 1.807) is 0 Å². The van der Waals surface area contributed by atoms with Gasteiger partial charge in [-0.3, -0.25) is 4.55 Å². The Morgan fingerprint density at radius 2 is 1.48 bits per heavy atom. The molecule has 0 heterocycles. The maximum atomic E-state index is 11.7. The fourth-order valence-corrected chi connectivity index (χ4v) is 4.02. The monoisotopic (exact) mass is 398 g/mol. The van der Waals surface area contributed by atoms with Gasteiger partial charge in [-0.2, -0.15) is 8.42 Å². The molecule has 0 aromatic rings. The van der Waals surface area contributed by atoms with E-state index in [1.165, 1.54) is 44.9 Å². The van der Waals surface area contributed by atoms with Gasteiger partial charge in [0.15, 0.2) is 0 Å². The number of rotatable bonds is 14. The molecule has 25 heavy (non-hydrogen) atoms. The van der Waals surface area contributed by atoms with Crippen LogP contribution in [-0.4, -0.2) is 35.4 Å². The molecule has 0 aliphatic rings. The fourth-order valence-electron chi connectivity index (χ4n) is 2.40. The predicted octanol–water partition coefficient (Wildman–Crippen LogP) is 6.08. The lowest BCUT2D eigenvalue weighted by atomic mass is 9.99. The summed E-state index contributed by atoms with van der Waals surface area (Å²) in [7, 11) is -4.02. The Labute approximate surface area is 159 Å². The lowest BCUT2D eigenvalue weighted by molar-refractivity contribution is 0.0494. The summed E-state index contributed by atoms with van der Waals surface area (Å²) in [5.74, 6) is -0.433. The smallest absolute Gasteiger partial charge is 0.367 e. The first kappa shape index (κ1) is 27.0. The third kappa shape index (κ3) is 19.9. The number of thioether (sulfide) groups is 1. The molecule has 7 heteroatoms. The van der Waals surface area contributed by atoms with Crippen LogP contribution in [0.25, 0.3) is 0 Å². The molecule has 0 bridgehead atoms. The van der Waals surface area contributed by atoms with Gasteiger partial charge in [0.1, 0.15) is 5.60 Å². The average molecular weight is 399 g/mol. The molecular formula is C18H38O5S2. The van der Waals surface area contributed by atoms with Gasteiger partial charge in [0.05, 0.1) is 5.75 Å². The van der Waals surface area contributed by atoms with Gasteiger partial charge in [-0.05, 0) is 38.5 Å². The molecular weight excluding hydrogens is 360 g/mol. The molecule has 0 amide bonds. The highest BCUT2D eigenvalue weighted by Crippen LogP contribution is 2.22. The Morgan fingerprint density at radius 3 is 1.96 bits per heavy atom. The third-order valence-electron chi connectivity index (χ3n) is 3.80. The number of ether oxygens (including phenoxy) is 1. The van der Waals surface area contributed by atoms with E-state index in [2.05, 4.69) is 6.92 Å². The van der Waals surface area contributed by atoms with E-state index in [-0.39, 0.29) is 13.2 Å². The number of hydrogen-bond acceptors (Lipinski definition) is 5. The minimum absolute atomic E-state index is 0. The van der Waals surface area contributed by atoms with E-state index in [0.717, 1.165) is 31.0 Å². The maximum Gasteiger partial charge on any atom is 0.367 e. The highest BCUT2D eigenvalue weighted by molar-refractivity contribution is 8.13. The van der Waals surface area contributed by atoms with Crippen LogP contribution in [0.15, 0.2) is 0 Å². The lowest BCUT2D eigenvalue weighted by Gasteiger charge is -2.24. The van der Waals surface area contributed by atoms with E-state index >= 15 is 0 Å². The number of hydrogen-bond donors (Lipinski definition) is 1. The van der Waals surface area contributed by atoms with Crippen molar-refractivity contribution in [3.05, 3.63) is 0 Å². The Morgan fingerprint density at radius 1 is 1.00 bits per heavy atom. The Hall–Kier alpha value is -0.270. The molecule has 0 atom stereocenters. The molecule has 0 aromatic heterocycles. The second-order valence-electron chi connectivity index (χ2n) is 6.82. The van der Waals surface area contributed by atoms with E-state index in [1.807, 2.05) is 13.8 Å². The van der Waals surface area contributed by atoms with Gasteiger partial charge in [0.2, 0.25) is 0 Å². The van der Waals surface area contributed by atoms with Gasteiger partial charge in [0, 0.05) is 5.75 Å². The summed E-state index contributed by atoms with van der Waals surface area (Å²) in [5, 5.41) is -0.487. The molecule has 1 N–H and O–H groups in total. The van der Waals surface area contributed by atoms with Crippen molar-refractivity contribution in [1.82, 2.24) is 0 Å². The zero-order chi connectivity index (χ0) is 18.5. The largest absolute Gasteiger partial charge is 0.452 e. The van der Waals surface area contributed by atoms with Gasteiger partial charge in [-0.25, -0.2) is 4.79 Å². The van der Waals surface area contributed by atoms with E-state index < -0.39 is 26.8 Å². The van der Waals surface area contributed by atoms with Crippen LogP contribution in [0, 0.1) is 0 Å². The SMILES string of the molecule is C.CCCCCCCCCCCC(C)(C)OC(=O)SCCS(=O)(=O)O. The molecule has 0 spiro atoms. The molecule has 5 nitrogen and oxygen atoms in total. The zero-order valence-corrected chi connectivity index (χ0v) is 17.0. The normalized spacial score (nSPS) is 11.8. The van der Waals surface area contributed by atoms with Gasteiger partial charge in [-0.1, -0.05) is 65.7 Å². The summed E-state index contributed by atoms with van der Waals surface area (Å²) in [6, 6.07) is 0. The first-order valence-corrected chi connectivity index (χ1v) is 11.6. The van der Waals surface area contributed by atoms with Crippen molar-refractivity contribution in [3.8, 4) is 0 Å². The molecule has 0 unspecified atom stereocenters. The zero-order valence-electron chi connectivity index (χ0n) is 15.4. The summed E-state index contributed by atoms with van der Waals surface area (Å²) in [6.45, 7) is 5.97. The van der Waals surface area contributed by atoms with Crippen molar-refractivity contribution in [2.24, 2.45) is 0 Å². The number of carbonyl (C=O) groups excluding carboxylic acids is 1. The standard InChI is InChI=1S/C17H34O5S2.CH4/c1-4-5-6-7-8-9-10-11-12-13-17(2,3)22-16(18)23-14-15-24(19,20)21;/h4-15H2,1-3H3,(H,19,20,21);1H4. The summed E-state index contributed by atoms with van der Waals surface area (Å²) >= 11 is 0.787. The minimum atomic E-state index is -4.02. The highest BCUT2D eigenvalue weighted by Gasteiger charge is 2.22. The third-order valence-corrected chi connectivity index (χ3v) is 5.51. The molecule has 0 radical (unpaired) electrons. The molecule has 152 valence electrons. The fraction of sp³-hybridized carbons (Fsp3) is 0.944. The first-order chi connectivity index (χ1) is 11.2. The van der Waals surface area contributed by atoms with Crippen LogP contribution >= 0.6 is 11.8 Å². The second-order valence-corrected chi connectivity index (χ2v) is 9.43. The van der Waals surface area contributed by atoms with Crippen LogP contribution in [0.3, 0.4) is 0 Å². The Bertz CT molecular complexity index is 433. The van der Waals surface area contributed by atoms with Crippen LogP contribution < -0.4 is 0 Å². The molecule has 0 rings (SSSR count). The summed E-state index contributed by atoms with van der Waals surface area (Å²) < 4.78 is 35.2. The average Bonchev–Trinajstić information content (AvgIpc) is 2.43. The van der Waals surface area contributed by atoms with Crippen molar-refractivity contribution in [2.75, 3.05) is 11.5 Å². The quantitative estimate of drug-likeness (QED) is 0.217. The van der Waals surface area contributed by atoms with Crippen LogP contribution in [0.5, 0.6) is 0 Å². The molecule has 0 aromatic carbocycles. The van der Waals surface area contributed by atoms with Crippen molar-refractivity contribution < 1.29 is 22.5 Å². The number of carbonyl (C=O) groups is 1. The van der Waals surface area contributed by atoms with E-state index in [0.29, 0.717) is 0 Å². The van der Waals surface area contributed by atoms with Gasteiger partial charge < -0.3 is 4.74 Å². The maximum absolute atomic E-state index is 11.7. The molecule has 0 saturated carbocycles. The van der Waals surface area contributed by atoms with Crippen molar-refractivity contribution >= 4 is 27.2 Å². The number of unbranched alkanes of at least 4 members (excludes halogenated alkanes) is 8. The molecule has 0 saturated heterocycles. The Balaban J connectivity index is 0. The van der Waals surface area contributed by atoms with E-state index in [4.69, 9.17) is 9.29 Å². The molecule has 0 aliphatic carbocycles. The summed E-state index contributed by atoms with van der Waals surface area (Å²) in [5.41, 5.74) is -0.538. The molecule has 0 aliphatic heterocycles. The topological polar surface area (TPSA) is 80.7 Å². The molecule has 0 fully saturated rings. The predicted molar refractivity (Wildman–Crippen MR) is 108 cm³/mol. The van der Waals surface area contributed by atoms with Crippen molar-refractivity contribution in [1.29, 1.82) is 0 Å². The van der Waals surface area contributed by atoms with Crippen molar-refractivity contribution in [2.45, 2.75) is 98.0 Å². The summed E-state index contributed by atoms with van der Waals surface area (Å²) in [6.07, 6.45) is 12.1. The van der Waals surface area contributed by atoms with Crippen LogP contribution in [0.1, 0.15) is 92.4 Å².